The molecule has 1 aromatic heterocycles. The van der Waals surface area contributed by atoms with Crippen LogP contribution in [0.1, 0.15) is 11.1 Å². The van der Waals surface area contributed by atoms with Gasteiger partial charge in [-0.05, 0) is 35.7 Å². The molecule has 1 aromatic carbocycles. The summed E-state index contributed by atoms with van der Waals surface area (Å²) in [5.41, 5.74) is 9.01. The molecule has 4 heteroatoms. The van der Waals surface area contributed by atoms with Gasteiger partial charge in [0.05, 0.1) is 4.34 Å². The van der Waals surface area contributed by atoms with Crippen molar-refractivity contribution >= 4 is 34.5 Å². The number of benzene rings is 1. The first-order valence-electron chi connectivity index (χ1n) is 4.87. The normalized spacial score (nSPS) is 10.8. The van der Waals surface area contributed by atoms with Gasteiger partial charge in [0.15, 0.2) is 0 Å². The maximum absolute atomic E-state index is 6.14. The molecule has 0 fully saturated rings. The molecule has 0 aliphatic carbocycles. The minimum atomic E-state index is 0.481. The number of nitrogens with two attached hydrogens (primary N) is 1. The first kappa shape index (κ1) is 11.9. The zero-order valence-electron chi connectivity index (χ0n) is 8.76. The molecular formula is C12H11Cl2NS. The van der Waals surface area contributed by atoms with Crippen molar-refractivity contribution in [2.45, 2.75) is 13.5 Å². The second-order valence-electron chi connectivity index (χ2n) is 3.52. The summed E-state index contributed by atoms with van der Waals surface area (Å²) < 4.78 is 0.782. The van der Waals surface area contributed by atoms with E-state index in [4.69, 9.17) is 28.9 Å². The van der Waals surface area contributed by atoms with Gasteiger partial charge in [-0.2, -0.15) is 0 Å². The van der Waals surface area contributed by atoms with Gasteiger partial charge in [0.25, 0.3) is 0 Å². The van der Waals surface area contributed by atoms with E-state index in [1.54, 1.807) is 11.3 Å². The molecule has 1 heterocycles. The zero-order valence-corrected chi connectivity index (χ0v) is 11.1. The lowest BCUT2D eigenvalue weighted by Gasteiger charge is -2.01. The molecule has 2 aromatic rings. The van der Waals surface area contributed by atoms with Crippen LogP contribution in [0.2, 0.25) is 9.36 Å². The van der Waals surface area contributed by atoms with Crippen molar-refractivity contribution in [3.8, 4) is 10.4 Å². The third-order valence-corrected chi connectivity index (χ3v) is 4.42. The van der Waals surface area contributed by atoms with E-state index in [-0.39, 0.29) is 0 Å². The van der Waals surface area contributed by atoms with Gasteiger partial charge < -0.3 is 5.73 Å². The van der Waals surface area contributed by atoms with Crippen molar-refractivity contribution in [3.63, 3.8) is 0 Å². The van der Waals surface area contributed by atoms with Crippen LogP contribution in [0.4, 0.5) is 0 Å². The fraction of sp³-hybridized carbons (Fsp3) is 0.167. The summed E-state index contributed by atoms with van der Waals surface area (Å²) in [6.45, 7) is 2.53. The lowest BCUT2D eigenvalue weighted by molar-refractivity contribution is 1.06. The Morgan fingerprint density at radius 3 is 2.31 bits per heavy atom. The first-order chi connectivity index (χ1) is 7.63. The molecule has 0 saturated carbocycles. The van der Waals surface area contributed by atoms with E-state index in [0.717, 1.165) is 20.5 Å². The standard InChI is InChI=1S/C12H11Cl2NS/c1-7-10(6-15)12(14)16-11(7)8-2-4-9(13)5-3-8/h2-5H,6,15H2,1H3. The van der Waals surface area contributed by atoms with Crippen LogP contribution in [0, 0.1) is 6.92 Å². The molecule has 2 N–H and O–H groups in total. The van der Waals surface area contributed by atoms with Crippen molar-refractivity contribution in [1.29, 1.82) is 0 Å². The Morgan fingerprint density at radius 1 is 1.19 bits per heavy atom. The molecular weight excluding hydrogens is 261 g/mol. The molecule has 16 heavy (non-hydrogen) atoms. The van der Waals surface area contributed by atoms with Crippen LogP contribution in [0.15, 0.2) is 24.3 Å². The number of hydrogen-bond donors (Lipinski definition) is 1. The molecule has 0 aliphatic heterocycles. The maximum Gasteiger partial charge on any atom is 0.0982 e. The molecule has 0 aliphatic rings. The second kappa shape index (κ2) is 4.76. The molecule has 0 atom stereocenters. The fourth-order valence-electron chi connectivity index (χ4n) is 1.62. The summed E-state index contributed by atoms with van der Waals surface area (Å²) in [6.07, 6.45) is 0. The average Bonchev–Trinajstić information content (AvgIpc) is 2.55. The Kier molecular flexibility index (Phi) is 3.55. The topological polar surface area (TPSA) is 26.0 Å². The average molecular weight is 272 g/mol. The molecule has 2 rings (SSSR count). The third-order valence-electron chi connectivity index (χ3n) is 2.53. The molecule has 84 valence electrons. The minimum absolute atomic E-state index is 0.481. The highest BCUT2D eigenvalue weighted by atomic mass is 35.5. The van der Waals surface area contributed by atoms with Crippen LogP contribution in [0.3, 0.4) is 0 Å². The Balaban J connectivity index is 2.52. The predicted octanol–water partition coefficient (Wildman–Crippen LogP) is 4.49. The largest absolute Gasteiger partial charge is 0.326 e. The van der Waals surface area contributed by atoms with Crippen molar-refractivity contribution in [2.24, 2.45) is 5.73 Å². The quantitative estimate of drug-likeness (QED) is 0.856. The second-order valence-corrected chi connectivity index (χ2v) is 5.58. The Hall–Kier alpha value is -0.540. The van der Waals surface area contributed by atoms with E-state index in [0.29, 0.717) is 6.54 Å². The van der Waals surface area contributed by atoms with Gasteiger partial charge in [-0.1, -0.05) is 35.3 Å². The van der Waals surface area contributed by atoms with Gasteiger partial charge in [-0.15, -0.1) is 11.3 Å². The minimum Gasteiger partial charge on any atom is -0.326 e. The Labute approximate surface area is 109 Å². The van der Waals surface area contributed by atoms with Gasteiger partial charge >= 0.3 is 0 Å². The first-order valence-corrected chi connectivity index (χ1v) is 6.44. The molecule has 0 bridgehead atoms. The summed E-state index contributed by atoms with van der Waals surface area (Å²) in [6, 6.07) is 7.76. The van der Waals surface area contributed by atoms with Crippen LogP contribution in [0.5, 0.6) is 0 Å². The SMILES string of the molecule is Cc1c(-c2ccc(Cl)cc2)sc(Cl)c1CN. The molecule has 0 radical (unpaired) electrons. The third kappa shape index (κ3) is 2.11. The molecule has 0 spiro atoms. The molecule has 0 unspecified atom stereocenters. The molecule has 0 saturated heterocycles. The predicted molar refractivity (Wildman–Crippen MR) is 72.4 cm³/mol. The highest BCUT2D eigenvalue weighted by Crippen LogP contribution is 2.39. The van der Waals surface area contributed by atoms with Gasteiger partial charge in [0.2, 0.25) is 0 Å². The van der Waals surface area contributed by atoms with Crippen molar-refractivity contribution in [3.05, 3.63) is 44.8 Å². The van der Waals surface area contributed by atoms with Crippen LogP contribution < -0.4 is 5.73 Å². The molecule has 1 nitrogen and oxygen atoms in total. The van der Waals surface area contributed by atoms with E-state index in [2.05, 4.69) is 6.92 Å². The van der Waals surface area contributed by atoms with Gasteiger partial charge in [0, 0.05) is 16.4 Å². The van der Waals surface area contributed by atoms with Crippen molar-refractivity contribution in [2.75, 3.05) is 0 Å². The number of rotatable bonds is 2. The monoisotopic (exact) mass is 271 g/mol. The summed E-state index contributed by atoms with van der Waals surface area (Å²) in [4.78, 5) is 1.17. The lowest BCUT2D eigenvalue weighted by Crippen LogP contribution is -1.96. The summed E-state index contributed by atoms with van der Waals surface area (Å²) in [5.74, 6) is 0. The van der Waals surface area contributed by atoms with E-state index in [1.165, 1.54) is 10.4 Å². The number of thiophene rings is 1. The summed E-state index contributed by atoms with van der Waals surface area (Å²) >= 11 is 13.6. The van der Waals surface area contributed by atoms with Crippen LogP contribution >= 0.6 is 34.5 Å². The van der Waals surface area contributed by atoms with Crippen LogP contribution in [0.25, 0.3) is 10.4 Å². The van der Waals surface area contributed by atoms with E-state index >= 15 is 0 Å². The number of halogens is 2. The van der Waals surface area contributed by atoms with E-state index in [1.807, 2.05) is 24.3 Å². The fourth-order valence-corrected chi connectivity index (χ4v) is 3.27. The van der Waals surface area contributed by atoms with E-state index < -0.39 is 0 Å². The molecule has 0 amide bonds. The zero-order chi connectivity index (χ0) is 11.7. The van der Waals surface area contributed by atoms with Gasteiger partial charge in [-0.25, -0.2) is 0 Å². The van der Waals surface area contributed by atoms with Crippen LogP contribution in [-0.4, -0.2) is 0 Å². The number of hydrogen-bond acceptors (Lipinski definition) is 2. The summed E-state index contributed by atoms with van der Waals surface area (Å²) in [7, 11) is 0. The summed E-state index contributed by atoms with van der Waals surface area (Å²) in [5, 5.41) is 0.739. The van der Waals surface area contributed by atoms with Gasteiger partial charge in [-0.3, -0.25) is 0 Å². The lowest BCUT2D eigenvalue weighted by atomic mass is 10.1. The van der Waals surface area contributed by atoms with Crippen LogP contribution in [-0.2, 0) is 6.54 Å². The Bertz CT molecular complexity index is 502. The maximum atomic E-state index is 6.14. The Morgan fingerprint density at radius 2 is 1.81 bits per heavy atom. The van der Waals surface area contributed by atoms with Crippen molar-refractivity contribution in [1.82, 2.24) is 0 Å². The highest BCUT2D eigenvalue weighted by molar-refractivity contribution is 7.19. The smallest absolute Gasteiger partial charge is 0.0982 e. The van der Waals surface area contributed by atoms with Crippen molar-refractivity contribution < 1.29 is 0 Å². The van der Waals surface area contributed by atoms with Gasteiger partial charge in [0.1, 0.15) is 0 Å². The highest BCUT2D eigenvalue weighted by Gasteiger charge is 2.13. The van der Waals surface area contributed by atoms with E-state index in [9.17, 15) is 0 Å².